The molecule has 1 aliphatic carbocycles. The number of hydrogen-bond acceptors (Lipinski definition) is 5. The molecule has 6 heteroatoms. The van der Waals surface area contributed by atoms with Crippen LogP contribution in [0.25, 0.3) is 0 Å². The van der Waals surface area contributed by atoms with E-state index in [-0.39, 0.29) is 23.3 Å². The Morgan fingerprint density at radius 1 is 1.31 bits per heavy atom. The van der Waals surface area contributed by atoms with Crippen LogP contribution in [0.3, 0.4) is 0 Å². The second kappa shape index (κ2) is 6.83. The Kier molecular flexibility index (Phi) is 4.53. The monoisotopic (exact) mass is 354 g/mol. The van der Waals surface area contributed by atoms with Crippen molar-refractivity contribution in [1.82, 2.24) is 20.8 Å². The molecule has 2 aliphatic rings. The van der Waals surface area contributed by atoms with Crippen LogP contribution in [0.4, 0.5) is 0 Å². The smallest absolute Gasteiger partial charge is 0.251 e. The first-order valence-electron chi connectivity index (χ1n) is 9.53. The second-order valence-electron chi connectivity index (χ2n) is 7.82. The van der Waals surface area contributed by atoms with Crippen LogP contribution in [0.2, 0.25) is 0 Å². The van der Waals surface area contributed by atoms with Crippen molar-refractivity contribution in [2.75, 3.05) is 6.54 Å². The first kappa shape index (κ1) is 17.2. The van der Waals surface area contributed by atoms with E-state index in [1.165, 1.54) is 6.42 Å². The molecule has 0 spiro atoms. The van der Waals surface area contributed by atoms with E-state index < -0.39 is 0 Å². The fourth-order valence-corrected chi connectivity index (χ4v) is 4.41. The standard InChI is InChI=1S/C20H26N4O2/c1-13(2)16(22-18(25)14-7-4-3-5-8-14)17-23-19(26-24-17)20-10-6-9-15(20)21-12-11-20/h3-5,7-8,13,15-16,21H,6,9-12H2,1-2H3,(H,22,25)/t15-,16?,20+/m1/s1. The zero-order valence-electron chi connectivity index (χ0n) is 15.4. The molecule has 0 radical (unpaired) electrons. The molecular formula is C20H26N4O2. The molecule has 1 aromatic heterocycles. The van der Waals surface area contributed by atoms with Crippen LogP contribution in [0.15, 0.2) is 34.9 Å². The van der Waals surface area contributed by atoms with Crippen molar-refractivity contribution < 1.29 is 9.32 Å². The summed E-state index contributed by atoms with van der Waals surface area (Å²) in [7, 11) is 0. The SMILES string of the molecule is CC(C)C(NC(=O)c1ccccc1)c1noc([C@]23CCC[C@H]2NCC3)n1. The summed E-state index contributed by atoms with van der Waals surface area (Å²) in [6.07, 6.45) is 4.49. The van der Waals surface area contributed by atoms with Crippen LogP contribution in [0.1, 0.15) is 67.6 Å². The Labute approximate surface area is 153 Å². The molecule has 138 valence electrons. The molecule has 2 aromatic rings. The van der Waals surface area contributed by atoms with Crippen LogP contribution in [-0.4, -0.2) is 28.6 Å². The molecule has 3 atom stereocenters. The molecule has 2 heterocycles. The highest BCUT2D eigenvalue weighted by atomic mass is 16.5. The minimum absolute atomic E-state index is 0.0176. The summed E-state index contributed by atoms with van der Waals surface area (Å²) in [6.45, 7) is 5.11. The van der Waals surface area contributed by atoms with Gasteiger partial charge in [0.05, 0.1) is 11.5 Å². The molecule has 1 aromatic carbocycles. The van der Waals surface area contributed by atoms with Crippen molar-refractivity contribution >= 4 is 5.91 Å². The van der Waals surface area contributed by atoms with Gasteiger partial charge in [0.15, 0.2) is 5.82 Å². The van der Waals surface area contributed by atoms with Gasteiger partial charge in [-0.2, -0.15) is 4.98 Å². The fraction of sp³-hybridized carbons (Fsp3) is 0.550. The number of rotatable bonds is 5. The third kappa shape index (κ3) is 2.92. The maximum atomic E-state index is 12.6. The number of aromatic nitrogens is 2. The van der Waals surface area contributed by atoms with Crippen LogP contribution in [0, 0.1) is 5.92 Å². The van der Waals surface area contributed by atoms with Crippen molar-refractivity contribution in [3.05, 3.63) is 47.6 Å². The van der Waals surface area contributed by atoms with Gasteiger partial charge in [0.1, 0.15) is 0 Å². The van der Waals surface area contributed by atoms with Gasteiger partial charge >= 0.3 is 0 Å². The van der Waals surface area contributed by atoms with Crippen molar-refractivity contribution in [1.29, 1.82) is 0 Å². The number of carbonyl (C=O) groups excluding carboxylic acids is 1. The average molecular weight is 354 g/mol. The number of fused-ring (bicyclic) bond motifs is 1. The minimum atomic E-state index is -0.272. The predicted octanol–water partition coefficient (Wildman–Crippen LogP) is 2.98. The Balaban J connectivity index is 1.57. The lowest BCUT2D eigenvalue weighted by Crippen LogP contribution is -2.36. The van der Waals surface area contributed by atoms with Gasteiger partial charge < -0.3 is 15.2 Å². The summed E-state index contributed by atoms with van der Waals surface area (Å²) in [4.78, 5) is 17.3. The number of nitrogens with zero attached hydrogens (tertiary/aromatic N) is 2. The lowest BCUT2D eigenvalue weighted by molar-refractivity contribution is 0.0922. The van der Waals surface area contributed by atoms with Crippen molar-refractivity contribution in [2.45, 2.75) is 57.0 Å². The van der Waals surface area contributed by atoms with Gasteiger partial charge in [-0.25, -0.2) is 0 Å². The molecule has 0 bridgehead atoms. The van der Waals surface area contributed by atoms with Crippen molar-refractivity contribution in [3.8, 4) is 0 Å². The van der Waals surface area contributed by atoms with E-state index in [0.29, 0.717) is 17.4 Å². The van der Waals surface area contributed by atoms with E-state index in [9.17, 15) is 4.79 Å². The summed E-state index contributed by atoms with van der Waals surface area (Å²) < 4.78 is 5.72. The zero-order chi connectivity index (χ0) is 18.1. The van der Waals surface area contributed by atoms with Crippen molar-refractivity contribution in [3.63, 3.8) is 0 Å². The highest BCUT2D eigenvalue weighted by molar-refractivity contribution is 5.94. The van der Waals surface area contributed by atoms with E-state index in [1.54, 1.807) is 12.1 Å². The van der Waals surface area contributed by atoms with Crippen LogP contribution < -0.4 is 10.6 Å². The maximum Gasteiger partial charge on any atom is 0.251 e. The second-order valence-corrected chi connectivity index (χ2v) is 7.82. The largest absolute Gasteiger partial charge is 0.342 e. The van der Waals surface area contributed by atoms with Crippen LogP contribution in [-0.2, 0) is 5.41 Å². The zero-order valence-corrected chi connectivity index (χ0v) is 15.4. The van der Waals surface area contributed by atoms with Gasteiger partial charge in [0, 0.05) is 11.6 Å². The Morgan fingerprint density at radius 3 is 2.88 bits per heavy atom. The van der Waals surface area contributed by atoms with Gasteiger partial charge in [-0.05, 0) is 43.9 Å². The quantitative estimate of drug-likeness (QED) is 0.863. The average Bonchev–Trinajstić information content (AvgIpc) is 3.34. The van der Waals surface area contributed by atoms with E-state index in [4.69, 9.17) is 9.51 Å². The van der Waals surface area contributed by atoms with Gasteiger partial charge in [0.25, 0.3) is 5.91 Å². The first-order valence-corrected chi connectivity index (χ1v) is 9.53. The third-order valence-electron chi connectivity index (χ3n) is 5.88. The first-order chi connectivity index (χ1) is 12.6. The molecule has 1 saturated heterocycles. The van der Waals surface area contributed by atoms with Gasteiger partial charge in [-0.3, -0.25) is 4.79 Å². The number of amides is 1. The summed E-state index contributed by atoms with van der Waals surface area (Å²) >= 11 is 0. The molecule has 1 saturated carbocycles. The topological polar surface area (TPSA) is 80.0 Å². The van der Waals surface area contributed by atoms with Crippen LogP contribution in [0.5, 0.6) is 0 Å². The highest BCUT2D eigenvalue weighted by Gasteiger charge is 2.51. The van der Waals surface area contributed by atoms with E-state index >= 15 is 0 Å². The van der Waals surface area contributed by atoms with E-state index in [2.05, 4.69) is 29.6 Å². The molecule has 2 N–H and O–H groups in total. The third-order valence-corrected chi connectivity index (χ3v) is 5.88. The molecule has 4 rings (SSSR count). The number of benzene rings is 1. The number of nitrogens with one attached hydrogen (secondary N) is 2. The molecule has 6 nitrogen and oxygen atoms in total. The lowest BCUT2D eigenvalue weighted by Gasteiger charge is -2.23. The highest BCUT2D eigenvalue weighted by Crippen LogP contribution is 2.46. The summed E-state index contributed by atoms with van der Waals surface area (Å²) in [5.74, 6) is 1.35. The number of carbonyl (C=O) groups is 1. The van der Waals surface area contributed by atoms with Gasteiger partial charge in [-0.1, -0.05) is 43.6 Å². The normalized spacial score (nSPS) is 26.0. The molecule has 1 unspecified atom stereocenters. The number of hydrogen-bond donors (Lipinski definition) is 2. The molecule has 1 amide bonds. The molecule has 1 aliphatic heterocycles. The molecule has 26 heavy (non-hydrogen) atoms. The molecule has 2 fully saturated rings. The molecular weight excluding hydrogens is 328 g/mol. The predicted molar refractivity (Wildman–Crippen MR) is 97.7 cm³/mol. The summed E-state index contributed by atoms with van der Waals surface area (Å²) in [6, 6.07) is 9.39. The minimum Gasteiger partial charge on any atom is -0.342 e. The lowest BCUT2D eigenvalue weighted by atomic mass is 9.82. The Bertz CT molecular complexity index is 761. The van der Waals surface area contributed by atoms with Crippen LogP contribution >= 0.6 is 0 Å². The fourth-order valence-electron chi connectivity index (χ4n) is 4.41. The maximum absolute atomic E-state index is 12.6. The van der Waals surface area contributed by atoms with Gasteiger partial charge in [-0.15, -0.1) is 0 Å². The summed E-state index contributed by atoms with van der Waals surface area (Å²) in [5, 5.41) is 10.9. The van der Waals surface area contributed by atoms with E-state index in [1.807, 2.05) is 18.2 Å². The Hall–Kier alpha value is -2.21. The van der Waals surface area contributed by atoms with Crippen molar-refractivity contribution in [2.24, 2.45) is 5.92 Å². The van der Waals surface area contributed by atoms with Gasteiger partial charge in [0.2, 0.25) is 5.89 Å². The Morgan fingerprint density at radius 2 is 2.12 bits per heavy atom. The van der Waals surface area contributed by atoms with E-state index in [0.717, 1.165) is 31.7 Å². The summed E-state index contributed by atoms with van der Waals surface area (Å²) in [5.41, 5.74) is 0.618.